The molecule has 496 valence electrons. The average molecular weight is 1330 g/mol. The number of fused-ring (bicyclic) bond motifs is 1. The summed E-state index contributed by atoms with van der Waals surface area (Å²) in [6.45, 7) is 14.1. The highest BCUT2D eigenvalue weighted by Crippen LogP contribution is 2.57. The second kappa shape index (κ2) is 28.8. The maximum absolute atomic E-state index is 14.5. The monoisotopic (exact) mass is 1330 g/mol. The average Bonchev–Trinajstić information content (AvgIpc) is 1.31. The van der Waals surface area contributed by atoms with E-state index in [9.17, 15) is 58.8 Å². The van der Waals surface area contributed by atoms with Crippen molar-refractivity contribution in [2.45, 2.75) is 149 Å². The Bertz CT molecular complexity index is 3660. The number of thioether (sulfide) groups is 1. The molecule has 4 fully saturated rings. The number of unbranched alkanes of at least 4 members (excludes halogenated alkanes) is 2. The number of piperidine rings is 1. The molecular formula is C67H84F3N9O10S3. The van der Waals surface area contributed by atoms with Crippen molar-refractivity contribution in [3.63, 3.8) is 0 Å². The number of rotatable bonds is 26. The Balaban J connectivity index is 0.714. The second-order valence-electron chi connectivity index (χ2n) is 26.0. The van der Waals surface area contributed by atoms with E-state index in [0.29, 0.717) is 94.0 Å². The molecule has 1 saturated carbocycles. The highest BCUT2D eigenvalue weighted by Gasteiger charge is 2.50. The summed E-state index contributed by atoms with van der Waals surface area (Å²) in [5, 5.41) is 8.44. The minimum absolute atomic E-state index is 0.0148. The fourth-order valence-electron chi connectivity index (χ4n) is 13.8. The Hall–Kier alpha value is -6.80. The highest BCUT2D eigenvalue weighted by molar-refractivity contribution is 7.99. The normalized spacial score (nSPS) is 20.2. The molecule has 0 bridgehead atoms. The zero-order valence-corrected chi connectivity index (χ0v) is 55.0. The number of nitrogens with one attached hydrogen (secondary N) is 4. The first-order valence-corrected chi connectivity index (χ1v) is 36.1. The lowest BCUT2D eigenvalue weighted by molar-refractivity contribution is -0.136. The summed E-state index contributed by atoms with van der Waals surface area (Å²) in [4.78, 5) is 86.1. The van der Waals surface area contributed by atoms with Gasteiger partial charge in [0.15, 0.2) is 0 Å². The first kappa shape index (κ1) is 68.1. The number of sulfone groups is 1. The zero-order chi connectivity index (χ0) is 65.6. The van der Waals surface area contributed by atoms with Gasteiger partial charge >= 0.3 is 5.51 Å². The Labute approximate surface area is 542 Å². The molecule has 4 N–H and O–H groups in total. The van der Waals surface area contributed by atoms with Crippen molar-refractivity contribution < 1.29 is 58.8 Å². The summed E-state index contributed by atoms with van der Waals surface area (Å²) in [5.41, 5.74) is -0.602. The van der Waals surface area contributed by atoms with Gasteiger partial charge in [0.05, 0.1) is 21.7 Å². The van der Waals surface area contributed by atoms with Crippen LogP contribution in [0.15, 0.2) is 117 Å². The van der Waals surface area contributed by atoms with E-state index in [2.05, 4.69) is 51.4 Å². The van der Waals surface area contributed by atoms with Gasteiger partial charge in [0.25, 0.3) is 37.6 Å². The molecule has 25 heteroatoms. The number of carbonyl (C=O) groups is 6. The van der Waals surface area contributed by atoms with Crippen molar-refractivity contribution in [1.82, 2.24) is 29.6 Å². The van der Waals surface area contributed by atoms with Gasteiger partial charge in [-0.15, -0.1) is 11.8 Å². The van der Waals surface area contributed by atoms with E-state index in [0.717, 1.165) is 66.8 Å². The van der Waals surface area contributed by atoms with E-state index in [1.807, 2.05) is 35.1 Å². The minimum Gasteiger partial charge on any atom is -0.384 e. The molecule has 0 radical (unpaired) electrons. The van der Waals surface area contributed by atoms with E-state index in [1.165, 1.54) is 74.9 Å². The molecule has 10 rings (SSSR count). The van der Waals surface area contributed by atoms with Gasteiger partial charge in [0, 0.05) is 118 Å². The van der Waals surface area contributed by atoms with Crippen LogP contribution in [0.4, 0.5) is 30.2 Å². The van der Waals surface area contributed by atoms with Crippen LogP contribution in [-0.2, 0) is 34.2 Å². The number of sulfonamides is 1. The number of amides is 6. The van der Waals surface area contributed by atoms with Crippen LogP contribution in [-0.4, -0.2) is 167 Å². The highest BCUT2D eigenvalue weighted by atomic mass is 32.2. The molecule has 92 heavy (non-hydrogen) atoms. The Morgan fingerprint density at radius 1 is 0.783 bits per heavy atom. The Morgan fingerprint density at radius 2 is 1.50 bits per heavy atom. The fraction of sp³-hybridized carbons (Fsp3) is 0.522. The van der Waals surface area contributed by atoms with Crippen molar-refractivity contribution in [1.29, 1.82) is 0 Å². The predicted molar refractivity (Wildman–Crippen MR) is 348 cm³/mol. The lowest BCUT2D eigenvalue weighted by atomic mass is 9.56. The van der Waals surface area contributed by atoms with Gasteiger partial charge in [-0.3, -0.25) is 48.8 Å². The van der Waals surface area contributed by atoms with Crippen LogP contribution in [0, 0.1) is 10.8 Å². The maximum Gasteiger partial charge on any atom is 0.501 e. The number of hydrogen-bond acceptors (Lipinski definition) is 16. The molecule has 3 saturated heterocycles. The van der Waals surface area contributed by atoms with Gasteiger partial charge in [0.2, 0.25) is 17.7 Å². The molecule has 4 aromatic carbocycles. The fourth-order valence-corrected chi connectivity index (χ4v) is 16.8. The smallest absolute Gasteiger partial charge is 0.384 e. The third-order valence-corrected chi connectivity index (χ3v) is 23.2. The minimum atomic E-state index is -6.16. The van der Waals surface area contributed by atoms with Crippen molar-refractivity contribution in [2.75, 3.05) is 93.3 Å². The summed E-state index contributed by atoms with van der Waals surface area (Å²) in [6.07, 6.45) is 12.5. The molecule has 4 aromatic rings. The van der Waals surface area contributed by atoms with Crippen LogP contribution < -0.4 is 25.6 Å². The topological polar surface area (TPSA) is 235 Å². The molecule has 6 amide bonds. The number of imide groups is 2. The number of hydrogen-bond donors (Lipinski definition) is 4. The molecule has 6 aliphatic rings. The van der Waals surface area contributed by atoms with Crippen molar-refractivity contribution >= 4 is 84.1 Å². The summed E-state index contributed by atoms with van der Waals surface area (Å²) < 4.78 is 100.0. The lowest BCUT2D eigenvalue weighted by Gasteiger charge is -2.50. The van der Waals surface area contributed by atoms with Crippen molar-refractivity contribution in [3.8, 4) is 0 Å². The summed E-state index contributed by atoms with van der Waals surface area (Å²) >= 11 is 1.40. The summed E-state index contributed by atoms with van der Waals surface area (Å²) in [7, 11) is -11.1. The largest absolute Gasteiger partial charge is 0.501 e. The maximum atomic E-state index is 14.5. The lowest BCUT2D eigenvalue weighted by Crippen LogP contribution is -2.54. The Kier molecular flexibility index (Phi) is 21.3. The van der Waals surface area contributed by atoms with E-state index >= 15 is 0 Å². The second-order valence-corrected chi connectivity index (χ2v) is 30.7. The van der Waals surface area contributed by atoms with Gasteiger partial charge < -0.3 is 20.4 Å². The van der Waals surface area contributed by atoms with Crippen LogP contribution in [0.1, 0.15) is 148 Å². The molecule has 1 unspecified atom stereocenters. The molecule has 0 spiro atoms. The SMILES string of the molecule is CCCC1(C2=C(CN3CCN(c4ccc(C(=O)NS(=O)(=O)c5ccc(N[C@H](CCN6CCN(C(=O)CCCCCNc7cccc8c7C(=O)N(C7CCC(=O)NC7=O)C8=O)CC6)CSc6ccccc6)c(S(=O)(=O)C(F)(F)F)c5)cc4)CC3)CCC(C)(C)C2)CCC1. The molecular weight excluding hydrogens is 1240 g/mol. The van der Waals surface area contributed by atoms with Gasteiger partial charge in [-0.25, -0.2) is 21.6 Å². The molecule has 4 heterocycles. The molecule has 4 aliphatic heterocycles. The third kappa shape index (κ3) is 15.7. The van der Waals surface area contributed by atoms with Gasteiger partial charge in [0.1, 0.15) is 10.9 Å². The van der Waals surface area contributed by atoms with E-state index < -0.39 is 82.5 Å². The van der Waals surface area contributed by atoms with Crippen molar-refractivity contribution in [2.24, 2.45) is 10.8 Å². The summed E-state index contributed by atoms with van der Waals surface area (Å²) in [6, 6.07) is 21.2. The van der Waals surface area contributed by atoms with Gasteiger partial charge in [-0.2, -0.15) is 13.2 Å². The van der Waals surface area contributed by atoms with Crippen LogP contribution in [0.2, 0.25) is 0 Å². The number of carbonyl (C=O) groups excluding carboxylic acids is 6. The van der Waals surface area contributed by atoms with Crippen LogP contribution in [0.25, 0.3) is 0 Å². The van der Waals surface area contributed by atoms with Gasteiger partial charge in [-0.1, -0.05) is 75.4 Å². The zero-order valence-electron chi connectivity index (χ0n) is 52.6. The molecule has 0 aromatic heterocycles. The predicted octanol–water partition coefficient (Wildman–Crippen LogP) is 9.88. The number of benzene rings is 4. The molecule has 2 atom stereocenters. The summed E-state index contributed by atoms with van der Waals surface area (Å²) in [5.74, 6) is -3.12. The van der Waals surface area contributed by atoms with E-state index in [4.69, 9.17) is 0 Å². The number of piperazine rings is 2. The van der Waals surface area contributed by atoms with Crippen LogP contribution in [0.3, 0.4) is 0 Å². The van der Waals surface area contributed by atoms with Crippen molar-refractivity contribution in [3.05, 3.63) is 119 Å². The first-order chi connectivity index (χ1) is 43.8. The van der Waals surface area contributed by atoms with Crippen LogP contribution >= 0.6 is 11.8 Å². The van der Waals surface area contributed by atoms with E-state index in [-0.39, 0.29) is 41.2 Å². The number of anilines is 3. The van der Waals surface area contributed by atoms with E-state index in [1.54, 1.807) is 40.3 Å². The standard InChI is InChI=1S/C67H84F3N9O10S3/c1-4-28-66(29-12-30-66)53-43-65(2,3)31-26-47(53)44-76-36-38-77(39-37-76)49-20-18-46(19-21-49)61(82)74-92(88,89)51-22-23-54(57(42-51)91(86,87)67(68,69)70)72-48(45-90-50-13-7-5-8-14-50)27-33-75-34-40-78(41-35-75)59(81)17-9-6-10-32-71-55-16-11-15-52-60(55)64(85)79(63(52)84)56-24-25-58(80)73-62(56)83/h5,7-8,11,13-16,18-23,42,48,56,71-72H,4,6,9-10,12,17,24-41,43-45H2,1-3H3,(H,74,82)(H,73,80,83)/t48-,56?/m1/s1. The molecule has 2 aliphatic carbocycles. The number of alkyl halides is 3. The number of nitrogens with zero attached hydrogens (tertiary/aromatic N) is 5. The van der Waals surface area contributed by atoms with Gasteiger partial charge in [-0.05, 0) is 142 Å². The first-order valence-electron chi connectivity index (χ1n) is 32.2. The quantitative estimate of drug-likeness (QED) is 0.0198. The third-order valence-electron chi connectivity index (χ3n) is 19.2. The Morgan fingerprint density at radius 3 is 2.17 bits per heavy atom. The molecule has 19 nitrogen and oxygen atoms in total. The number of halogens is 3. The number of allylic oxidation sites excluding steroid dienone is 1. The van der Waals surface area contributed by atoms with Crippen LogP contribution in [0.5, 0.6) is 0 Å².